The number of hydrogen-bond acceptors (Lipinski definition) is 5. The summed E-state index contributed by atoms with van der Waals surface area (Å²) in [5, 5.41) is 7.73. The van der Waals surface area contributed by atoms with Crippen molar-refractivity contribution >= 4 is 65.6 Å². The number of para-hydroxylation sites is 4. The summed E-state index contributed by atoms with van der Waals surface area (Å²) < 4.78 is 13.0. The molecular weight excluding hydrogens is 783 g/mol. The van der Waals surface area contributed by atoms with Crippen LogP contribution < -0.4 is 0 Å². The SMILES string of the molecule is c1ccc(-c2nc(-c3ccc(-c4nc5ccccc5c5c(-c6ccccc6)c6c(cc45)oc4ccccc46)cc3)cc(-c3ccc(-c4cccc5c4oc4ccccc45)cc3)n2)cc1. The molecule has 0 fully saturated rings. The largest absolute Gasteiger partial charge is 0.456 e. The van der Waals surface area contributed by atoms with E-state index in [1.54, 1.807) is 0 Å². The highest BCUT2D eigenvalue weighted by Crippen LogP contribution is 2.46. The van der Waals surface area contributed by atoms with Gasteiger partial charge in [0.15, 0.2) is 5.82 Å². The smallest absolute Gasteiger partial charge is 0.160 e. The van der Waals surface area contributed by atoms with Gasteiger partial charge in [-0.2, -0.15) is 0 Å². The molecule has 0 aliphatic carbocycles. The van der Waals surface area contributed by atoms with Crippen LogP contribution in [0, 0.1) is 0 Å². The molecule has 4 heterocycles. The fourth-order valence-electron chi connectivity index (χ4n) is 9.48. The Bertz CT molecular complexity index is 3930. The predicted molar refractivity (Wildman–Crippen MR) is 262 cm³/mol. The Morgan fingerprint density at radius 1 is 0.312 bits per heavy atom. The van der Waals surface area contributed by atoms with E-state index < -0.39 is 0 Å². The molecule has 5 nitrogen and oxygen atoms in total. The summed E-state index contributed by atoms with van der Waals surface area (Å²) in [5.74, 6) is 0.666. The lowest BCUT2D eigenvalue weighted by Crippen LogP contribution is -1.96. The van der Waals surface area contributed by atoms with Crippen LogP contribution in [-0.4, -0.2) is 15.0 Å². The van der Waals surface area contributed by atoms with Gasteiger partial charge in [-0.1, -0.05) is 182 Å². The maximum atomic E-state index is 6.61. The van der Waals surface area contributed by atoms with Crippen molar-refractivity contribution in [3.8, 4) is 67.4 Å². The van der Waals surface area contributed by atoms with Crippen LogP contribution >= 0.6 is 0 Å². The molecule has 13 rings (SSSR count). The molecule has 0 N–H and O–H groups in total. The minimum atomic E-state index is 0.666. The summed E-state index contributed by atoms with van der Waals surface area (Å²) in [6, 6.07) is 73.6. The summed E-state index contributed by atoms with van der Waals surface area (Å²) in [5.41, 5.74) is 15.3. The third-order valence-electron chi connectivity index (χ3n) is 12.5. The van der Waals surface area contributed by atoms with E-state index in [-0.39, 0.29) is 0 Å². The van der Waals surface area contributed by atoms with Gasteiger partial charge in [-0.15, -0.1) is 0 Å². The van der Waals surface area contributed by atoms with Crippen LogP contribution in [0.5, 0.6) is 0 Å². The summed E-state index contributed by atoms with van der Waals surface area (Å²) in [7, 11) is 0. The lowest BCUT2D eigenvalue weighted by atomic mass is 9.89. The van der Waals surface area contributed by atoms with Crippen molar-refractivity contribution < 1.29 is 8.83 Å². The van der Waals surface area contributed by atoms with Crippen LogP contribution in [0.3, 0.4) is 0 Å². The summed E-state index contributed by atoms with van der Waals surface area (Å²) in [4.78, 5) is 15.7. The Kier molecular flexibility index (Phi) is 8.15. The van der Waals surface area contributed by atoms with E-state index in [0.717, 1.165) is 127 Å². The lowest BCUT2D eigenvalue weighted by molar-refractivity contribution is 0.669. The standard InChI is InChI=1S/C59H35N3O2/c1-3-14-39(15-4-1)54-55-45-19-7-10-23-48(45)60-57(47(55)34-53-56(54)46-20-9-12-25-52(46)63-53)40-32-30-38(31-33-40)50-35-49(61-59(62-50)41-16-5-2-6-17-41)37-28-26-36(27-29-37)42-21-13-22-44-43-18-8-11-24-51(43)64-58(42)44/h1-35H. The van der Waals surface area contributed by atoms with Gasteiger partial charge < -0.3 is 8.83 Å². The Labute approximate surface area is 367 Å². The molecule has 0 aliphatic heterocycles. The van der Waals surface area contributed by atoms with Crippen molar-refractivity contribution in [2.75, 3.05) is 0 Å². The molecular formula is C59H35N3O2. The van der Waals surface area contributed by atoms with Crippen molar-refractivity contribution in [2.24, 2.45) is 0 Å². The molecule has 5 heteroatoms. The zero-order valence-corrected chi connectivity index (χ0v) is 34.4. The zero-order chi connectivity index (χ0) is 42.1. The normalized spacial score (nSPS) is 11.8. The van der Waals surface area contributed by atoms with Gasteiger partial charge in [0, 0.05) is 71.1 Å². The molecule has 0 aliphatic rings. The molecule has 0 saturated carbocycles. The monoisotopic (exact) mass is 817 g/mol. The molecule has 64 heavy (non-hydrogen) atoms. The maximum absolute atomic E-state index is 6.61. The van der Waals surface area contributed by atoms with E-state index in [1.807, 2.05) is 42.5 Å². The Morgan fingerprint density at radius 2 is 0.875 bits per heavy atom. The van der Waals surface area contributed by atoms with E-state index in [4.69, 9.17) is 23.8 Å². The van der Waals surface area contributed by atoms with E-state index in [9.17, 15) is 0 Å². The summed E-state index contributed by atoms with van der Waals surface area (Å²) in [6.07, 6.45) is 0. The van der Waals surface area contributed by atoms with Crippen LogP contribution in [0.1, 0.15) is 0 Å². The molecule has 0 unspecified atom stereocenters. The molecule has 0 radical (unpaired) electrons. The van der Waals surface area contributed by atoms with E-state index >= 15 is 0 Å². The number of furan rings is 2. The maximum Gasteiger partial charge on any atom is 0.160 e. The highest BCUT2D eigenvalue weighted by atomic mass is 16.3. The predicted octanol–water partition coefficient (Wildman–Crippen LogP) is 16.0. The lowest BCUT2D eigenvalue weighted by Gasteiger charge is -2.16. The number of rotatable bonds is 6. The second-order valence-corrected chi connectivity index (χ2v) is 16.3. The first-order chi connectivity index (χ1) is 31.7. The fraction of sp³-hybridized carbons (Fsp3) is 0. The zero-order valence-electron chi connectivity index (χ0n) is 34.4. The number of pyridine rings is 1. The van der Waals surface area contributed by atoms with Crippen LogP contribution in [0.15, 0.2) is 221 Å². The van der Waals surface area contributed by atoms with Crippen molar-refractivity contribution in [3.05, 3.63) is 212 Å². The van der Waals surface area contributed by atoms with Crippen LogP contribution in [0.2, 0.25) is 0 Å². The summed E-state index contributed by atoms with van der Waals surface area (Å²) >= 11 is 0. The third kappa shape index (κ3) is 5.83. The van der Waals surface area contributed by atoms with Gasteiger partial charge in [0.05, 0.1) is 22.6 Å². The molecule has 9 aromatic carbocycles. The van der Waals surface area contributed by atoms with Crippen molar-refractivity contribution in [2.45, 2.75) is 0 Å². The van der Waals surface area contributed by atoms with Crippen molar-refractivity contribution in [1.82, 2.24) is 15.0 Å². The summed E-state index contributed by atoms with van der Waals surface area (Å²) in [6.45, 7) is 0. The van der Waals surface area contributed by atoms with Gasteiger partial charge in [0.1, 0.15) is 22.3 Å². The number of aromatic nitrogens is 3. The van der Waals surface area contributed by atoms with Gasteiger partial charge in [0.25, 0.3) is 0 Å². The second kappa shape index (κ2) is 14.5. The first-order valence-corrected chi connectivity index (χ1v) is 21.5. The minimum absolute atomic E-state index is 0.666. The van der Waals surface area contributed by atoms with Crippen LogP contribution in [-0.2, 0) is 0 Å². The number of benzene rings is 9. The highest BCUT2D eigenvalue weighted by molar-refractivity contribution is 6.27. The number of fused-ring (bicyclic) bond motifs is 9. The highest BCUT2D eigenvalue weighted by Gasteiger charge is 2.22. The van der Waals surface area contributed by atoms with Crippen LogP contribution in [0.25, 0.3) is 133 Å². The molecule has 0 amide bonds. The van der Waals surface area contributed by atoms with Crippen LogP contribution in [0.4, 0.5) is 0 Å². The van der Waals surface area contributed by atoms with E-state index in [0.29, 0.717) is 5.82 Å². The molecule has 0 bridgehead atoms. The Morgan fingerprint density at radius 3 is 1.59 bits per heavy atom. The van der Waals surface area contributed by atoms with E-state index in [1.165, 1.54) is 0 Å². The molecule has 13 aromatic rings. The Hall–Kier alpha value is -8.67. The molecule has 4 aromatic heterocycles. The average molecular weight is 818 g/mol. The molecule has 0 saturated heterocycles. The van der Waals surface area contributed by atoms with Gasteiger partial charge >= 0.3 is 0 Å². The topological polar surface area (TPSA) is 65.0 Å². The number of hydrogen-bond donors (Lipinski definition) is 0. The second-order valence-electron chi connectivity index (χ2n) is 16.3. The van der Waals surface area contributed by atoms with Gasteiger partial charge in [-0.3, -0.25) is 0 Å². The minimum Gasteiger partial charge on any atom is -0.456 e. The Balaban J connectivity index is 0.943. The molecule has 298 valence electrons. The first-order valence-electron chi connectivity index (χ1n) is 21.5. The van der Waals surface area contributed by atoms with Crippen molar-refractivity contribution in [1.29, 1.82) is 0 Å². The fourth-order valence-corrected chi connectivity index (χ4v) is 9.48. The van der Waals surface area contributed by atoms with Gasteiger partial charge in [-0.05, 0) is 41.5 Å². The van der Waals surface area contributed by atoms with Gasteiger partial charge in [0.2, 0.25) is 0 Å². The van der Waals surface area contributed by atoms with E-state index in [2.05, 4.69) is 170 Å². The third-order valence-corrected chi connectivity index (χ3v) is 12.5. The number of nitrogens with zero attached hydrogens (tertiary/aromatic N) is 3. The van der Waals surface area contributed by atoms with Crippen molar-refractivity contribution in [3.63, 3.8) is 0 Å². The molecule has 0 spiro atoms. The average Bonchev–Trinajstić information content (AvgIpc) is 3.94. The van der Waals surface area contributed by atoms with Gasteiger partial charge in [-0.25, -0.2) is 15.0 Å². The molecule has 0 atom stereocenters. The first kappa shape index (κ1) is 36.0. The quantitative estimate of drug-likeness (QED) is 0.156.